The molecule has 6 heteroatoms. The summed E-state index contributed by atoms with van der Waals surface area (Å²) in [6, 6.07) is 3.53. The minimum Gasteiger partial charge on any atom is -0.461 e. The molecular weight excluding hydrogens is 220 g/mol. The van der Waals surface area contributed by atoms with Crippen LogP contribution in [0.2, 0.25) is 0 Å². The van der Waals surface area contributed by atoms with Gasteiger partial charge in [-0.2, -0.15) is 4.98 Å². The quantitative estimate of drug-likeness (QED) is 0.668. The van der Waals surface area contributed by atoms with Crippen LogP contribution in [0.5, 0.6) is 0 Å². The summed E-state index contributed by atoms with van der Waals surface area (Å²) in [6.07, 6.45) is 4.67. The third-order valence-electron chi connectivity index (χ3n) is 2.31. The first-order valence-corrected chi connectivity index (χ1v) is 4.99. The average molecular weight is 228 g/mol. The van der Waals surface area contributed by atoms with Gasteiger partial charge in [-0.15, -0.1) is 0 Å². The topological polar surface area (TPSA) is 77.8 Å². The Hall–Kier alpha value is -2.50. The molecule has 0 unspecified atom stereocenters. The van der Waals surface area contributed by atoms with Gasteiger partial charge < -0.3 is 8.94 Å². The number of aromatic nitrogens is 4. The lowest BCUT2D eigenvalue weighted by atomic mass is 10.2. The Morgan fingerprint density at radius 1 is 1.29 bits per heavy atom. The van der Waals surface area contributed by atoms with E-state index in [0.29, 0.717) is 17.5 Å². The van der Waals surface area contributed by atoms with Crippen LogP contribution in [0, 0.1) is 6.92 Å². The zero-order valence-electron chi connectivity index (χ0n) is 8.99. The van der Waals surface area contributed by atoms with E-state index in [0.717, 1.165) is 11.3 Å². The zero-order valence-corrected chi connectivity index (χ0v) is 8.99. The van der Waals surface area contributed by atoms with Crippen molar-refractivity contribution in [3.63, 3.8) is 0 Å². The molecule has 0 radical (unpaired) electrons. The van der Waals surface area contributed by atoms with E-state index < -0.39 is 0 Å². The van der Waals surface area contributed by atoms with E-state index in [-0.39, 0.29) is 0 Å². The van der Waals surface area contributed by atoms with Crippen molar-refractivity contribution in [3.8, 4) is 23.0 Å². The number of nitrogens with zero attached hydrogens (tertiary/aromatic N) is 4. The second kappa shape index (κ2) is 3.82. The Bertz CT molecular complexity index is 630. The van der Waals surface area contributed by atoms with E-state index in [1.54, 1.807) is 24.6 Å². The standard InChI is InChI=1S/C11H8N4O2/c1-7-8(5-12-6-13-7)11-14-10(15-17-11)9-3-2-4-16-9/h2-6H,1H3. The summed E-state index contributed by atoms with van der Waals surface area (Å²) in [4.78, 5) is 12.2. The molecule has 0 aromatic carbocycles. The zero-order chi connectivity index (χ0) is 11.7. The van der Waals surface area contributed by atoms with Crippen LogP contribution in [0.1, 0.15) is 5.69 Å². The van der Waals surface area contributed by atoms with Crippen molar-refractivity contribution < 1.29 is 8.94 Å². The van der Waals surface area contributed by atoms with Crippen molar-refractivity contribution >= 4 is 0 Å². The number of aryl methyl sites for hydroxylation is 1. The summed E-state index contributed by atoms with van der Waals surface area (Å²) >= 11 is 0. The van der Waals surface area contributed by atoms with Gasteiger partial charge in [0.1, 0.15) is 6.33 Å². The van der Waals surface area contributed by atoms with Gasteiger partial charge in [0.05, 0.1) is 17.5 Å². The van der Waals surface area contributed by atoms with Crippen LogP contribution in [0.4, 0.5) is 0 Å². The fourth-order valence-corrected chi connectivity index (χ4v) is 1.44. The first-order valence-electron chi connectivity index (χ1n) is 4.99. The molecule has 84 valence electrons. The summed E-state index contributed by atoms with van der Waals surface area (Å²) in [7, 11) is 0. The molecule has 3 heterocycles. The Balaban J connectivity index is 2.04. The molecule has 0 aliphatic heterocycles. The second-order valence-corrected chi connectivity index (χ2v) is 3.42. The molecule has 0 amide bonds. The Morgan fingerprint density at radius 3 is 3.00 bits per heavy atom. The average Bonchev–Trinajstić information content (AvgIpc) is 3.00. The third kappa shape index (κ3) is 1.69. The van der Waals surface area contributed by atoms with Gasteiger partial charge in [-0.25, -0.2) is 9.97 Å². The number of hydrogen-bond acceptors (Lipinski definition) is 6. The Kier molecular flexibility index (Phi) is 2.18. The highest BCUT2D eigenvalue weighted by molar-refractivity contribution is 5.57. The maximum absolute atomic E-state index is 5.18. The molecule has 0 atom stereocenters. The first-order chi connectivity index (χ1) is 8.34. The lowest BCUT2D eigenvalue weighted by molar-refractivity contribution is 0.429. The van der Waals surface area contributed by atoms with Gasteiger partial charge in [-0.05, 0) is 19.1 Å². The monoisotopic (exact) mass is 228 g/mol. The summed E-state index contributed by atoms with van der Waals surface area (Å²) in [6.45, 7) is 1.85. The highest BCUT2D eigenvalue weighted by atomic mass is 16.5. The van der Waals surface area contributed by atoms with Crippen molar-refractivity contribution in [1.82, 2.24) is 20.1 Å². The number of hydrogen-bond donors (Lipinski definition) is 0. The predicted octanol–water partition coefficient (Wildman–Crippen LogP) is 2.10. The summed E-state index contributed by atoms with van der Waals surface area (Å²) < 4.78 is 10.3. The van der Waals surface area contributed by atoms with Crippen molar-refractivity contribution in [1.29, 1.82) is 0 Å². The van der Waals surface area contributed by atoms with E-state index in [2.05, 4.69) is 20.1 Å². The Labute approximate surface area is 96.3 Å². The predicted molar refractivity (Wildman–Crippen MR) is 57.8 cm³/mol. The lowest BCUT2D eigenvalue weighted by Gasteiger charge is -1.95. The second-order valence-electron chi connectivity index (χ2n) is 3.42. The molecule has 0 fully saturated rings. The maximum atomic E-state index is 5.18. The van der Waals surface area contributed by atoms with E-state index >= 15 is 0 Å². The lowest BCUT2D eigenvalue weighted by Crippen LogP contribution is -1.88. The van der Waals surface area contributed by atoms with Crippen LogP contribution in [0.3, 0.4) is 0 Å². The fraction of sp³-hybridized carbons (Fsp3) is 0.0909. The Morgan fingerprint density at radius 2 is 2.24 bits per heavy atom. The molecule has 0 bridgehead atoms. The smallest absolute Gasteiger partial charge is 0.261 e. The molecule has 6 nitrogen and oxygen atoms in total. The molecule has 3 rings (SSSR count). The van der Waals surface area contributed by atoms with E-state index in [1.165, 1.54) is 6.33 Å². The first kappa shape index (κ1) is 9.71. The van der Waals surface area contributed by atoms with Gasteiger partial charge in [-0.3, -0.25) is 0 Å². The van der Waals surface area contributed by atoms with Crippen molar-refractivity contribution in [2.24, 2.45) is 0 Å². The van der Waals surface area contributed by atoms with Gasteiger partial charge in [0.15, 0.2) is 5.76 Å². The van der Waals surface area contributed by atoms with E-state index in [4.69, 9.17) is 8.94 Å². The third-order valence-corrected chi connectivity index (χ3v) is 2.31. The normalized spacial score (nSPS) is 10.6. The van der Waals surface area contributed by atoms with Crippen molar-refractivity contribution in [2.45, 2.75) is 6.92 Å². The summed E-state index contributed by atoms with van der Waals surface area (Å²) in [5, 5.41) is 3.84. The fourth-order valence-electron chi connectivity index (χ4n) is 1.44. The van der Waals surface area contributed by atoms with Gasteiger partial charge in [-0.1, -0.05) is 5.16 Å². The minimum absolute atomic E-state index is 0.384. The minimum atomic E-state index is 0.384. The molecule has 0 aliphatic rings. The van der Waals surface area contributed by atoms with Crippen LogP contribution in [0.25, 0.3) is 23.0 Å². The van der Waals surface area contributed by atoms with Crippen molar-refractivity contribution in [3.05, 3.63) is 36.6 Å². The van der Waals surface area contributed by atoms with Gasteiger partial charge in [0.25, 0.3) is 5.89 Å². The number of furan rings is 1. The molecule has 0 N–H and O–H groups in total. The van der Waals surface area contributed by atoms with Crippen molar-refractivity contribution in [2.75, 3.05) is 0 Å². The van der Waals surface area contributed by atoms with Gasteiger partial charge in [0, 0.05) is 6.20 Å². The summed E-state index contributed by atoms with van der Waals surface area (Å²) in [5.41, 5.74) is 1.51. The van der Waals surface area contributed by atoms with Crippen LogP contribution in [-0.2, 0) is 0 Å². The number of rotatable bonds is 2. The summed E-state index contributed by atoms with van der Waals surface area (Å²) in [5.74, 6) is 1.36. The van der Waals surface area contributed by atoms with E-state index in [1.807, 2.05) is 6.92 Å². The molecule has 0 saturated heterocycles. The highest BCUT2D eigenvalue weighted by Crippen LogP contribution is 2.22. The van der Waals surface area contributed by atoms with Crippen LogP contribution >= 0.6 is 0 Å². The molecule has 0 saturated carbocycles. The van der Waals surface area contributed by atoms with Gasteiger partial charge in [0.2, 0.25) is 5.82 Å². The molecule has 0 spiro atoms. The molecule has 0 aliphatic carbocycles. The van der Waals surface area contributed by atoms with E-state index in [9.17, 15) is 0 Å². The van der Waals surface area contributed by atoms with Crippen LogP contribution < -0.4 is 0 Å². The molecule has 3 aromatic rings. The SMILES string of the molecule is Cc1ncncc1-c1nc(-c2ccco2)no1. The maximum Gasteiger partial charge on any atom is 0.261 e. The van der Waals surface area contributed by atoms with Crippen LogP contribution in [0.15, 0.2) is 39.9 Å². The largest absolute Gasteiger partial charge is 0.461 e. The molecule has 3 aromatic heterocycles. The van der Waals surface area contributed by atoms with Crippen LogP contribution in [-0.4, -0.2) is 20.1 Å². The molecule has 17 heavy (non-hydrogen) atoms. The molecular formula is C11H8N4O2. The highest BCUT2D eigenvalue weighted by Gasteiger charge is 2.14. The van der Waals surface area contributed by atoms with Gasteiger partial charge >= 0.3 is 0 Å².